The van der Waals surface area contributed by atoms with Crippen molar-refractivity contribution in [2.24, 2.45) is 0 Å². The van der Waals surface area contributed by atoms with Crippen molar-refractivity contribution in [2.75, 3.05) is 4.90 Å². The van der Waals surface area contributed by atoms with Gasteiger partial charge in [0.05, 0.1) is 0 Å². The van der Waals surface area contributed by atoms with Gasteiger partial charge in [0.2, 0.25) is 5.91 Å². The molecule has 0 saturated heterocycles. The van der Waals surface area contributed by atoms with Gasteiger partial charge in [-0.1, -0.05) is 32.0 Å². The first-order valence-corrected chi connectivity index (χ1v) is 7.46. The van der Waals surface area contributed by atoms with Crippen molar-refractivity contribution in [1.82, 2.24) is 14.8 Å². The summed E-state index contributed by atoms with van der Waals surface area (Å²) in [6.07, 6.45) is 4.47. The number of para-hydroxylation sites is 1. The third-order valence-electron chi connectivity index (χ3n) is 3.31. The standard InChI is InChI=1S/C15H19ClN4O/c1-3-12-7-5-6-8-14(12)20(15(21)13(16)4-2)11-19-10-17-9-18-19/h5-10,13H,3-4,11H2,1-2H3. The maximum Gasteiger partial charge on any atom is 0.246 e. The minimum atomic E-state index is -0.543. The Bertz CT molecular complexity index is 585. The largest absolute Gasteiger partial charge is 0.291 e. The molecule has 0 aliphatic carbocycles. The zero-order valence-electron chi connectivity index (χ0n) is 12.2. The van der Waals surface area contributed by atoms with Gasteiger partial charge in [0, 0.05) is 5.69 Å². The summed E-state index contributed by atoms with van der Waals surface area (Å²) in [5.74, 6) is -0.115. The Labute approximate surface area is 129 Å². The maximum atomic E-state index is 12.6. The summed E-state index contributed by atoms with van der Waals surface area (Å²) in [7, 11) is 0. The number of halogens is 1. The van der Waals surface area contributed by atoms with E-state index in [4.69, 9.17) is 11.6 Å². The monoisotopic (exact) mass is 306 g/mol. The van der Waals surface area contributed by atoms with E-state index >= 15 is 0 Å². The van der Waals surface area contributed by atoms with Crippen LogP contribution in [0.3, 0.4) is 0 Å². The van der Waals surface area contributed by atoms with E-state index < -0.39 is 5.38 Å². The highest BCUT2D eigenvalue weighted by Crippen LogP contribution is 2.23. The molecule has 0 radical (unpaired) electrons. The highest BCUT2D eigenvalue weighted by Gasteiger charge is 2.24. The van der Waals surface area contributed by atoms with Gasteiger partial charge in [0.25, 0.3) is 0 Å². The SMILES string of the molecule is CCc1ccccc1N(Cn1cncn1)C(=O)C(Cl)CC. The Balaban J connectivity index is 2.37. The van der Waals surface area contributed by atoms with E-state index in [0.29, 0.717) is 13.1 Å². The van der Waals surface area contributed by atoms with Crippen molar-refractivity contribution in [2.45, 2.75) is 38.7 Å². The molecule has 0 saturated carbocycles. The third-order valence-corrected chi connectivity index (χ3v) is 3.80. The molecule has 1 atom stereocenters. The molecule has 21 heavy (non-hydrogen) atoms. The van der Waals surface area contributed by atoms with E-state index in [-0.39, 0.29) is 5.91 Å². The molecule has 1 heterocycles. The predicted molar refractivity (Wildman–Crippen MR) is 83.3 cm³/mol. The first kappa shape index (κ1) is 15.5. The number of anilines is 1. The summed E-state index contributed by atoms with van der Waals surface area (Å²) in [5, 5.41) is 3.53. The molecule has 0 fully saturated rings. The fourth-order valence-electron chi connectivity index (χ4n) is 2.13. The minimum Gasteiger partial charge on any atom is -0.291 e. The molecule has 112 valence electrons. The number of hydrogen-bond donors (Lipinski definition) is 0. The number of rotatable bonds is 6. The highest BCUT2D eigenvalue weighted by molar-refractivity contribution is 6.32. The molecular weight excluding hydrogens is 288 g/mol. The van der Waals surface area contributed by atoms with Crippen LogP contribution in [-0.2, 0) is 17.9 Å². The van der Waals surface area contributed by atoms with Crippen LogP contribution in [0.25, 0.3) is 0 Å². The second kappa shape index (κ2) is 7.22. The van der Waals surface area contributed by atoms with Crippen molar-refractivity contribution < 1.29 is 4.79 Å². The Morgan fingerprint density at radius 1 is 1.38 bits per heavy atom. The van der Waals surface area contributed by atoms with Crippen LogP contribution < -0.4 is 4.90 Å². The van der Waals surface area contributed by atoms with Gasteiger partial charge >= 0.3 is 0 Å². The van der Waals surface area contributed by atoms with Gasteiger partial charge in [-0.3, -0.25) is 9.69 Å². The topological polar surface area (TPSA) is 51.0 Å². The molecule has 0 spiro atoms. The molecule has 2 rings (SSSR count). The fraction of sp³-hybridized carbons (Fsp3) is 0.400. The maximum absolute atomic E-state index is 12.6. The van der Waals surface area contributed by atoms with Crippen LogP contribution >= 0.6 is 11.6 Å². The van der Waals surface area contributed by atoms with Crippen molar-refractivity contribution in [3.05, 3.63) is 42.5 Å². The van der Waals surface area contributed by atoms with E-state index in [0.717, 1.165) is 17.7 Å². The van der Waals surface area contributed by atoms with Crippen LogP contribution in [0.1, 0.15) is 25.8 Å². The summed E-state index contributed by atoms with van der Waals surface area (Å²) in [4.78, 5) is 18.2. The molecule has 0 N–H and O–H groups in total. The average Bonchev–Trinajstić information content (AvgIpc) is 3.04. The highest BCUT2D eigenvalue weighted by atomic mass is 35.5. The van der Waals surface area contributed by atoms with Crippen molar-refractivity contribution in [3.8, 4) is 0 Å². The van der Waals surface area contributed by atoms with E-state index in [1.807, 2.05) is 31.2 Å². The van der Waals surface area contributed by atoms with Crippen molar-refractivity contribution in [1.29, 1.82) is 0 Å². The van der Waals surface area contributed by atoms with E-state index in [1.165, 1.54) is 6.33 Å². The Morgan fingerprint density at radius 3 is 2.76 bits per heavy atom. The number of benzene rings is 1. The molecule has 6 heteroatoms. The van der Waals surface area contributed by atoms with Gasteiger partial charge < -0.3 is 0 Å². The summed E-state index contributed by atoms with van der Waals surface area (Å²) < 4.78 is 1.61. The lowest BCUT2D eigenvalue weighted by atomic mass is 10.1. The normalized spacial score (nSPS) is 12.1. The van der Waals surface area contributed by atoms with E-state index in [1.54, 1.807) is 15.9 Å². The molecule has 1 aromatic heterocycles. The molecule has 2 aromatic rings. The Hall–Kier alpha value is -1.88. The van der Waals surface area contributed by atoms with Crippen LogP contribution in [0, 0.1) is 0 Å². The first-order chi connectivity index (χ1) is 10.2. The van der Waals surface area contributed by atoms with Crippen LogP contribution in [0.5, 0.6) is 0 Å². The Morgan fingerprint density at radius 2 is 2.14 bits per heavy atom. The number of alkyl halides is 1. The van der Waals surface area contributed by atoms with E-state index in [2.05, 4.69) is 17.0 Å². The van der Waals surface area contributed by atoms with Gasteiger partial charge in [-0.25, -0.2) is 9.67 Å². The first-order valence-electron chi connectivity index (χ1n) is 7.03. The summed E-state index contributed by atoms with van der Waals surface area (Å²) >= 11 is 6.16. The molecule has 0 bridgehead atoms. The zero-order chi connectivity index (χ0) is 15.2. The second-order valence-electron chi connectivity index (χ2n) is 4.70. The lowest BCUT2D eigenvalue weighted by Gasteiger charge is -2.26. The smallest absolute Gasteiger partial charge is 0.246 e. The van der Waals surface area contributed by atoms with Crippen molar-refractivity contribution in [3.63, 3.8) is 0 Å². The minimum absolute atomic E-state index is 0.115. The lowest BCUT2D eigenvalue weighted by molar-refractivity contribution is -0.118. The quantitative estimate of drug-likeness (QED) is 0.771. The van der Waals surface area contributed by atoms with E-state index in [9.17, 15) is 4.79 Å². The summed E-state index contributed by atoms with van der Waals surface area (Å²) in [6, 6.07) is 7.85. The van der Waals surface area contributed by atoms with Gasteiger partial charge in [-0.2, -0.15) is 5.10 Å². The number of hydrogen-bond acceptors (Lipinski definition) is 3. The lowest BCUT2D eigenvalue weighted by Crippen LogP contribution is -2.38. The third kappa shape index (κ3) is 3.61. The summed E-state index contributed by atoms with van der Waals surface area (Å²) in [6.45, 7) is 4.27. The van der Waals surface area contributed by atoms with Crippen LogP contribution in [0.4, 0.5) is 5.69 Å². The molecule has 1 amide bonds. The molecular formula is C15H19ClN4O. The number of nitrogens with zero attached hydrogens (tertiary/aromatic N) is 4. The molecule has 0 aliphatic heterocycles. The van der Waals surface area contributed by atoms with Gasteiger partial charge in [-0.05, 0) is 24.5 Å². The number of aromatic nitrogens is 3. The van der Waals surface area contributed by atoms with Gasteiger partial charge in [-0.15, -0.1) is 11.6 Å². The fourth-order valence-corrected chi connectivity index (χ4v) is 2.25. The number of carbonyl (C=O) groups is 1. The van der Waals surface area contributed by atoms with Crippen LogP contribution in [0.15, 0.2) is 36.9 Å². The van der Waals surface area contributed by atoms with Gasteiger partial charge in [0.15, 0.2) is 0 Å². The number of amides is 1. The van der Waals surface area contributed by atoms with Crippen molar-refractivity contribution >= 4 is 23.2 Å². The van der Waals surface area contributed by atoms with Gasteiger partial charge in [0.1, 0.15) is 24.7 Å². The summed E-state index contributed by atoms with van der Waals surface area (Å²) in [5.41, 5.74) is 1.98. The number of aryl methyl sites for hydroxylation is 1. The average molecular weight is 307 g/mol. The molecule has 1 unspecified atom stereocenters. The molecule has 0 aliphatic rings. The van der Waals surface area contributed by atoms with Crippen LogP contribution in [-0.4, -0.2) is 26.0 Å². The van der Waals surface area contributed by atoms with Crippen LogP contribution in [0.2, 0.25) is 0 Å². The second-order valence-corrected chi connectivity index (χ2v) is 5.23. The zero-order valence-corrected chi connectivity index (χ0v) is 13.0. The number of carbonyl (C=O) groups excluding carboxylic acids is 1. The predicted octanol–water partition coefficient (Wildman–Crippen LogP) is 2.85. The molecule has 5 nitrogen and oxygen atoms in total. The Kier molecular flexibility index (Phi) is 5.33. The molecule has 1 aromatic carbocycles.